The van der Waals surface area contributed by atoms with Gasteiger partial charge in [0.2, 0.25) is 6.41 Å². The van der Waals surface area contributed by atoms with Gasteiger partial charge in [0.1, 0.15) is 0 Å². The lowest BCUT2D eigenvalue weighted by atomic mass is 10.2. The van der Waals surface area contributed by atoms with E-state index in [-0.39, 0.29) is 5.71 Å². The standard InChI is InChI=1S/C13H14N4O/c1-9(15)13(16-8-18)10(2)17-12-5-3-11(7-14)4-6-12/h3-6,8,15,17H,1-2H3,(H,16,18)/b13-10+,15-9?. The third-order valence-corrected chi connectivity index (χ3v) is 2.30. The predicted octanol–water partition coefficient (Wildman–Crippen LogP) is 1.99. The van der Waals surface area contributed by atoms with Crippen molar-refractivity contribution in [1.82, 2.24) is 5.32 Å². The van der Waals surface area contributed by atoms with Crippen LogP contribution in [0, 0.1) is 16.7 Å². The van der Waals surface area contributed by atoms with E-state index in [1.165, 1.54) is 0 Å². The molecule has 0 aromatic heterocycles. The van der Waals surface area contributed by atoms with Crippen molar-refractivity contribution in [3.8, 4) is 6.07 Å². The molecular formula is C13H14N4O. The lowest BCUT2D eigenvalue weighted by Gasteiger charge is -2.12. The van der Waals surface area contributed by atoms with Gasteiger partial charge in [-0.05, 0) is 38.1 Å². The Balaban J connectivity index is 2.93. The summed E-state index contributed by atoms with van der Waals surface area (Å²) >= 11 is 0. The summed E-state index contributed by atoms with van der Waals surface area (Å²) in [6.07, 6.45) is 0.539. The van der Waals surface area contributed by atoms with Gasteiger partial charge in [-0.15, -0.1) is 0 Å². The summed E-state index contributed by atoms with van der Waals surface area (Å²) in [6.45, 7) is 3.36. The number of rotatable bonds is 5. The number of benzene rings is 1. The number of hydrogen-bond donors (Lipinski definition) is 3. The van der Waals surface area contributed by atoms with Gasteiger partial charge in [-0.2, -0.15) is 5.26 Å². The number of amides is 1. The fraction of sp³-hybridized carbons (Fsp3) is 0.154. The number of anilines is 1. The molecule has 0 heterocycles. The van der Waals surface area contributed by atoms with Crippen molar-refractivity contribution in [3.63, 3.8) is 0 Å². The van der Waals surface area contributed by atoms with Gasteiger partial charge in [0.15, 0.2) is 0 Å². The largest absolute Gasteiger partial charge is 0.357 e. The minimum atomic E-state index is 0.265. The van der Waals surface area contributed by atoms with Crippen LogP contribution in [0.15, 0.2) is 35.7 Å². The minimum Gasteiger partial charge on any atom is -0.357 e. The number of carbonyl (C=O) groups excluding carboxylic acids is 1. The highest BCUT2D eigenvalue weighted by Gasteiger charge is 2.04. The van der Waals surface area contributed by atoms with Gasteiger partial charge in [-0.1, -0.05) is 0 Å². The SMILES string of the molecule is CC(=N)/C(NC=O)=C(/C)Nc1ccc(C#N)cc1. The van der Waals surface area contributed by atoms with Crippen LogP contribution >= 0.6 is 0 Å². The summed E-state index contributed by atoms with van der Waals surface area (Å²) in [5.74, 6) is 0. The Kier molecular flexibility index (Phi) is 4.64. The van der Waals surface area contributed by atoms with Gasteiger partial charge >= 0.3 is 0 Å². The summed E-state index contributed by atoms with van der Waals surface area (Å²) < 4.78 is 0. The topological polar surface area (TPSA) is 88.8 Å². The van der Waals surface area contributed by atoms with E-state index >= 15 is 0 Å². The average Bonchev–Trinajstić information content (AvgIpc) is 2.36. The Hall–Kier alpha value is -2.61. The van der Waals surface area contributed by atoms with Gasteiger partial charge in [0.25, 0.3) is 0 Å². The van der Waals surface area contributed by atoms with E-state index in [1.54, 1.807) is 38.1 Å². The quantitative estimate of drug-likeness (QED) is 0.545. The molecule has 0 radical (unpaired) electrons. The maximum absolute atomic E-state index is 10.5. The van der Waals surface area contributed by atoms with E-state index in [0.29, 0.717) is 23.4 Å². The molecule has 3 N–H and O–H groups in total. The molecule has 1 amide bonds. The van der Waals surface area contributed by atoms with Crippen LogP contribution < -0.4 is 10.6 Å². The van der Waals surface area contributed by atoms with Crippen LogP contribution in [0.2, 0.25) is 0 Å². The number of carbonyl (C=O) groups is 1. The first-order chi connectivity index (χ1) is 8.58. The molecule has 0 atom stereocenters. The number of nitrogens with one attached hydrogen (secondary N) is 3. The first-order valence-electron chi connectivity index (χ1n) is 5.32. The van der Waals surface area contributed by atoms with Crippen LogP contribution in [0.25, 0.3) is 0 Å². The molecule has 92 valence electrons. The van der Waals surface area contributed by atoms with Gasteiger partial charge in [0, 0.05) is 11.4 Å². The van der Waals surface area contributed by atoms with Crippen LogP contribution in [-0.4, -0.2) is 12.1 Å². The summed E-state index contributed by atoms with van der Waals surface area (Å²) in [5.41, 5.74) is 2.74. The van der Waals surface area contributed by atoms with Crippen molar-refractivity contribution in [1.29, 1.82) is 10.7 Å². The molecule has 0 unspecified atom stereocenters. The molecule has 0 aliphatic heterocycles. The zero-order valence-electron chi connectivity index (χ0n) is 10.2. The average molecular weight is 242 g/mol. The second kappa shape index (κ2) is 6.21. The Morgan fingerprint density at radius 2 is 1.94 bits per heavy atom. The van der Waals surface area contributed by atoms with Gasteiger partial charge in [0.05, 0.1) is 23.0 Å². The molecule has 0 saturated heterocycles. The Bertz CT molecular complexity index is 523. The lowest BCUT2D eigenvalue weighted by Crippen LogP contribution is -2.20. The second-order valence-corrected chi connectivity index (χ2v) is 3.70. The predicted molar refractivity (Wildman–Crippen MR) is 70.1 cm³/mol. The van der Waals surface area contributed by atoms with Crippen molar-refractivity contribution in [2.45, 2.75) is 13.8 Å². The minimum absolute atomic E-state index is 0.265. The van der Waals surface area contributed by atoms with Crippen molar-refractivity contribution in [3.05, 3.63) is 41.2 Å². The summed E-state index contributed by atoms with van der Waals surface area (Å²) in [4.78, 5) is 10.5. The molecule has 1 aromatic carbocycles. The molecule has 0 fully saturated rings. The zero-order valence-corrected chi connectivity index (χ0v) is 10.2. The zero-order chi connectivity index (χ0) is 13.5. The third-order valence-electron chi connectivity index (χ3n) is 2.30. The van der Waals surface area contributed by atoms with E-state index < -0.39 is 0 Å². The maximum atomic E-state index is 10.5. The van der Waals surface area contributed by atoms with E-state index in [4.69, 9.17) is 10.7 Å². The summed E-state index contributed by atoms with van der Waals surface area (Å²) in [5, 5.41) is 21.8. The fourth-order valence-corrected chi connectivity index (χ4v) is 1.46. The fourth-order valence-electron chi connectivity index (χ4n) is 1.46. The molecular weight excluding hydrogens is 228 g/mol. The monoisotopic (exact) mass is 242 g/mol. The van der Waals surface area contributed by atoms with Crippen molar-refractivity contribution >= 4 is 17.8 Å². The number of nitrogens with zero attached hydrogens (tertiary/aromatic N) is 1. The van der Waals surface area contributed by atoms with E-state index in [1.807, 2.05) is 6.07 Å². The van der Waals surface area contributed by atoms with Gasteiger partial charge in [-0.3, -0.25) is 4.79 Å². The summed E-state index contributed by atoms with van der Waals surface area (Å²) in [6, 6.07) is 8.95. The lowest BCUT2D eigenvalue weighted by molar-refractivity contribution is -0.108. The molecule has 0 aliphatic rings. The van der Waals surface area contributed by atoms with Crippen LogP contribution in [0.4, 0.5) is 5.69 Å². The molecule has 5 heteroatoms. The molecule has 0 saturated carbocycles. The molecule has 1 aromatic rings. The number of nitriles is 1. The normalized spacial score (nSPS) is 10.9. The molecule has 1 rings (SSSR count). The van der Waals surface area contributed by atoms with Crippen molar-refractivity contribution < 1.29 is 4.79 Å². The smallest absolute Gasteiger partial charge is 0.211 e. The van der Waals surface area contributed by atoms with Crippen LogP contribution in [0.3, 0.4) is 0 Å². The highest BCUT2D eigenvalue weighted by atomic mass is 16.1. The molecule has 18 heavy (non-hydrogen) atoms. The molecule has 0 spiro atoms. The number of hydrogen-bond acceptors (Lipinski definition) is 4. The van der Waals surface area contributed by atoms with E-state index in [2.05, 4.69) is 10.6 Å². The first kappa shape index (κ1) is 13.5. The Morgan fingerprint density at radius 3 is 2.39 bits per heavy atom. The van der Waals surface area contributed by atoms with Crippen molar-refractivity contribution in [2.24, 2.45) is 0 Å². The second-order valence-electron chi connectivity index (χ2n) is 3.70. The molecule has 0 aliphatic carbocycles. The number of allylic oxidation sites excluding steroid dienone is 2. The highest BCUT2D eigenvalue weighted by Crippen LogP contribution is 2.13. The van der Waals surface area contributed by atoms with E-state index in [0.717, 1.165) is 5.69 Å². The van der Waals surface area contributed by atoms with Gasteiger partial charge < -0.3 is 16.0 Å². The van der Waals surface area contributed by atoms with Crippen LogP contribution in [-0.2, 0) is 4.79 Å². The highest BCUT2D eigenvalue weighted by molar-refractivity contribution is 5.98. The van der Waals surface area contributed by atoms with Gasteiger partial charge in [-0.25, -0.2) is 0 Å². The third kappa shape index (κ3) is 3.46. The Morgan fingerprint density at radius 1 is 1.33 bits per heavy atom. The van der Waals surface area contributed by atoms with Crippen LogP contribution in [0.5, 0.6) is 0 Å². The summed E-state index contributed by atoms with van der Waals surface area (Å²) in [7, 11) is 0. The maximum Gasteiger partial charge on any atom is 0.211 e. The van der Waals surface area contributed by atoms with E-state index in [9.17, 15) is 4.79 Å². The first-order valence-corrected chi connectivity index (χ1v) is 5.32. The molecule has 5 nitrogen and oxygen atoms in total. The van der Waals surface area contributed by atoms with Crippen molar-refractivity contribution in [2.75, 3.05) is 5.32 Å². The Labute approximate surface area is 106 Å². The molecule has 0 bridgehead atoms. The van der Waals surface area contributed by atoms with Crippen LogP contribution in [0.1, 0.15) is 19.4 Å².